The van der Waals surface area contributed by atoms with E-state index in [1.54, 1.807) is 0 Å². The summed E-state index contributed by atoms with van der Waals surface area (Å²) in [4.78, 5) is 3.71. The molecule has 3 saturated carbocycles. The number of aliphatic imine (C=N–C) groups is 1. The van der Waals surface area contributed by atoms with E-state index in [1.165, 1.54) is 57.8 Å². The van der Waals surface area contributed by atoms with Crippen LogP contribution in [0.4, 0.5) is 8.78 Å². The fourth-order valence-corrected chi connectivity index (χ4v) is 5.60. The van der Waals surface area contributed by atoms with Crippen molar-refractivity contribution in [3.8, 4) is 0 Å². The quantitative estimate of drug-likeness (QED) is 0.458. The minimum atomic E-state index is -1.18. The highest BCUT2D eigenvalue weighted by Crippen LogP contribution is 2.45. The summed E-state index contributed by atoms with van der Waals surface area (Å²) in [5.41, 5.74) is 0. The van der Waals surface area contributed by atoms with Gasteiger partial charge in [-0.05, 0) is 74.4 Å². The van der Waals surface area contributed by atoms with E-state index in [0.717, 1.165) is 11.8 Å². The molecule has 3 aliphatic carbocycles. The summed E-state index contributed by atoms with van der Waals surface area (Å²) in [5, 5.41) is 2.16. The third-order valence-electron chi connectivity index (χ3n) is 6.80. The van der Waals surface area contributed by atoms with Gasteiger partial charge < -0.3 is 0 Å². The lowest BCUT2D eigenvalue weighted by molar-refractivity contribution is 0.0442. The van der Waals surface area contributed by atoms with Crippen LogP contribution in [0.2, 0.25) is 0 Å². The molecule has 0 amide bonds. The van der Waals surface area contributed by atoms with E-state index in [-0.39, 0.29) is 5.92 Å². The van der Waals surface area contributed by atoms with Gasteiger partial charge in [0, 0.05) is 0 Å². The van der Waals surface area contributed by atoms with Crippen LogP contribution in [0.3, 0.4) is 0 Å². The Morgan fingerprint density at radius 1 is 0.696 bits per heavy atom. The van der Waals surface area contributed by atoms with Crippen LogP contribution in [-0.2, 0) is 0 Å². The van der Waals surface area contributed by atoms with Crippen LogP contribution in [0.1, 0.15) is 70.6 Å². The van der Waals surface area contributed by atoms with Gasteiger partial charge in [0.05, 0.1) is 5.16 Å². The Balaban J connectivity index is 1.51. The molecule has 2 atom stereocenters. The van der Waals surface area contributed by atoms with Crippen molar-refractivity contribution in [2.75, 3.05) is 0 Å². The molecule has 4 heteroatoms. The molecule has 0 N–H and O–H groups in total. The third-order valence-corrected chi connectivity index (χ3v) is 6.90. The van der Waals surface area contributed by atoms with Crippen molar-refractivity contribution in [2.24, 2.45) is 28.7 Å². The number of nitrogens with zero attached hydrogens (tertiary/aromatic N) is 1. The number of alkyl halides is 2. The minimum absolute atomic E-state index is 0.198. The Morgan fingerprint density at radius 3 is 1.70 bits per heavy atom. The van der Waals surface area contributed by atoms with Gasteiger partial charge in [0.15, 0.2) is 0 Å². The summed E-state index contributed by atoms with van der Waals surface area (Å²) in [7, 11) is 0. The molecule has 0 aromatic heterocycles. The van der Waals surface area contributed by atoms with Crippen LogP contribution in [0, 0.1) is 23.7 Å². The summed E-state index contributed by atoms with van der Waals surface area (Å²) >= 11 is 4.52. The van der Waals surface area contributed by atoms with Crippen molar-refractivity contribution < 1.29 is 8.78 Å². The fraction of sp³-hybridized carbons (Fsp3) is 0.947. The van der Waals surface area contributed by atoms with E-state index in [4.69, 9.17) is 0 Å². The number of rotatable bonds is 3. The van der Waals surface area contributed by atoms with Crippen LogP contribution in [0.5, 0.6) is 0 Å². The van der Waals surface area contributed by atoms with Gasteiger partial charge in [-0.2, -0.15) is 0 Å². The predicted octanol–water partition coefficient (Wildman–Crippen LogP) is 5.93. The standard InChI is InChI=1S/C19H29F2NS/c20-17-10-16(11-18(21)19(17)22-12-23)15-8-6-14(7-9-15)13-4-2-1-3-5-13/h13-19H,1-11H2. The van der Waals surface area contributed by atoms with Crippen LogP contribution in [0.25, 0.3) is 0 Å². The molecular formula is C19H29F2NS. The Morgan fingerprint density at radius 2 is 1.17 bits per heavy atom. The molecule has 0 radical (unpaired) electrons. The molecular weight excluding hydrogens is 312 g/mol. The summed E-state index contributed by atoms with van der Waals surface area (Å²) in [6, 6.07) is -0.901. The van der Waals surface area contributed by atoms with E-state index in [1.807, 2.05) is 0 Å². The van der Waals surface area contributed by atoms with Gasteiger partial charge in [-0.25, -0.2) is 13.8 Å². The Bertz CT molecular complexity index is 411. The summed E-state index contributed by atoms with van der Waals surface area (Å²) in [6.07, 6.45) is 10.5. The van der Waals surface area contributed by atoms with E-state index < -0.39 is 18.4 Å². The highest BCUT2D eigenvalue weighted by molar-refractivity contribution is 7.78. The molecule has 2 unspecified atom stereocenters. The summed E-state index contributed by atoms with van der Waals surface area (Å²) in [6.45, 7) is 0. The first-order valence-corrected chi connectivity index (χ1v) is 9.95. The molecule has 130 valence electrons. The maximum absolute atomic E-state index is 14.2. The van der Waals surface area contributed by atoms with E-state index in [0.29, 0.717) is 18.8 Å². The highest BCUT2D eigenvalue weighted by Gasteiger charge is 2.42. The number of isothiocyanates is 1. The molecule has 23 heavy (non-hydrogen) atoms. The summed E-state index contributed by atoms with van der Waals surface area (Å²) < 4.78 is 28.5. The van der Waals surface area contributed by atoms with Crippen LogP contribution >= 0.6 is 12.2 Å². The monoisotopic (exact) mass is 341 g/mol. The Labute approximate surface area is 144 Å². The zero-order valence-electron chi connectivity index (χ0n) is 13.9. The average molecular weight is 342 g/mol. The van der Waals surface area contributed by atoms with Gasteiger partial charge >= 0.3 is 0 Å². The molecule has 0 saturated heterocycles. The predicted molar refractivity (Wildman–Crippen MR) is 93.4 cm³/mol. The molecule has 3 aliphatic rings. The van der Waals surface area contributed by atoms with E-state index in [2.05, 4.69) is 22.4 Å². The van der Waals surface area contributed by atoms with Gasteiger partial charge in [0.25, 0.3) is 0 Å². The van der Waals surface area contributed by atoms with Gasteiger partial charge in [0.2, 0.25) is 0 Å². The maximum Gasteiger partial charge on any atom is 0.126 e. The molecule has 0 aromatic carbocycles. The van der Waals surface area contributed by atoms with Crippen molar-refractivity contribution in [3.63, 3.8) is 0 Å². The number of halogens is 2. The first kappa shape index (κ1) is 17.5. The largest absolute Gasteiger partial charge is 0.245 e. The molecule has 1 nitrogen and oxygen atoms in total. The average Bonchev–Trinajstić information content (AvgIpc) is 2.59. The Kier molecular flexibility index (Phi) is 6.20. The number of thiocarbonyl (C=S) groups is 1. The van der Waals surface area contributed by atoms with Crippen LogP contribution < -0.4 is 0 Å². The molecule has 3 fully saturated rings. The van der Waals surface area contributed by atoms with E-state index in [9.17, 15) is 8.78 Å². The number of hydrogen-bond donors (Lipinski definition) is 0. The second-order valence-electron chi connectivity index (χ2n) is 8.05. The van der Waals surface area contributed by atoms with Gasteiger partial charge in [0.1, 0.15) is 18.4 Å². The van der Waals surface area contributed by atoms with Crippen LogP contribution in [-0.4, -0.2) is 23.5 Å². The van der Waals surface area contributed by atoms with Crippen molar-refractivity contribution in [2.45, 2.75) is 89.0 Å². The van der Waals surface area contributed by atoms with Gasteiger partial charge in [-0.3, -0.25) is 0 Å². The minimum Gasteiger partial charge on any atom is -0.245 e. The first-order valence-electron chi connectivity index (χ1n) is 9.54. The molecule has 0 heterocycles. The Hall–Kier alpha value is -0.340. The lowest BCUT2D eigenvalue weighted by Gasteiger charge is -2.41. The van der Waals surface area contributed by atoms with Gasteiger partial charge in [-0.1, -0.05) is 32.1 Å². The maximum atomic E-state index is 14.2. The summed E-state index contributed by atoms with van der Waals surface area (Å²) in [5.74, 6) is 2.53. The molecule has 3 rings (SSSR count). The highest BCUT2D eigenvalue weighted by atomic mass is 32.1. The topological polar surface area (TPSA) is 12.4 Å². The molecule has 0 aliphatic heterocycles. The number of hydrogen-bond acceptors (Lipinski definition) is 2. The lowest BCUT2D eigenvalue weighted by Crippen LogP contribution is -2.41. The van der Waals surface area contributed by atoms with Crippen molar-refractivity contribution in [1.82, 2.24) is 0 Å². The van der Waals surface area contributed by atoms with Gasteiger partial charge in [-0.15, -0.1) is 0 Å². The molecule has 0 spiro atoms. The SMILES string of the molecule is FC1CC(C2CCC(C3CCCCC3)CC2)CC(F)C1N=C=S. The zero-order valence-corrected chi connectivity index (χ0v) is 14.7. The van der Waals surface area contributed by atoms with Crippen molar-refractivity contribution in [3.05, 3.63) is 0 Å². The second kappa shape index (κ2) is 8.16. The van der Waals surface area contributed by atoms with Crippen molar-refractivity contribution in [1.29, 1.82) is 0 Å². The molecule has 0 bridgehead atoms. The second-order valence-corrected chi connectivity index (χ2v) is 8.23. The normalized spacial score (nSPS) is 42.9. The van der Waals surface area contributed by atoms with Crippen LogP contribution in [0.15, 0.2) is 4.99 Å². The van der Waals surface area contributed by atoms with Crippen molar-refractivity contribution >= 4 is 17.4 Å². The fourth-order valence-electron chi connectivity index (χ4n) is 5.48. The third kappa shape index (κ3) is 4.20. The molecule has 0 aromatic rings. The zero-order chi connectivity index (χ0) is 16.2. The smallest absolute Gasteiger partial charge is 0.126 e. The van der Waals surface area contributed by atoms with E-state index >= 15 is 0 Å². The first-order chi connectivity index (χ1) is 11.2. The lowest BCUT2D eigenvalue weighted by atomic mass is 9.66.